The van der Waals surface area contributed by atoms with Crippen molar-refractivity contribution in [3.8, 4) is 0 Å². The fourth-order valence-electron chi connectivity index (χ4n) is 6.87. The Morgan fingerprint density at radius 3 is 2.16 bits per heavy atom. The Labute approximate surface area is 303 Å². The van der Waals surface area contributed by atoms with Crippen LogP contribution in [-0.2, 0) is 23.3 Å². The number of aromatic nitrogens is 3. The molecule has 14 heteroatoms. The molecule has 286 valence electrons. The van der Waals surface area contributed by atoms with Crippen molar-refractivity contribution in [2.45, 2.75) is 160 Å². The number of anilines is 1. The maximum atomic E-state index is 12.5. The van der Waals surface area contributed by atoms with Gasteiger partial charge in [0.15, 0.2) is 6.23 Å². The minimum absolute atomic E-state index is 0.0566. The predicted octanol–water partition coefficient (Wildman–Crippen LogP) is 8.12. The Morgan fingerprint density at radius 2 is 1.50 bits per heavy atom. The molecule has 0 radical (unpaired) electrons. The number of hydrogen-bond donors (Lipinski definition) is 4. The van der Waals surface area contributed by atoms with Gasteiger partial charge in [-0.1, -0.05) is 103 Å². The number of fused-ring (bicyclic) bond motifs is 1. The topological polar surface area (TPSA) is 157 Å². The van der Waals surface area contributed by atoms with Gasteiger partial charge in [0, 0.05) is 25.5 Å². The largest absolute Gasteiger partial charge is 0.387 e. The number of nitrogens with one attached hydrogen (secondary N) is 1. The van der Waals surface area contributed by atoms with Crippen LogP contribution < -0.4 is 5.32 Å². The van der Waals surface area contributed by atoms with Gasteiger partial charge in [-0.2, -0.15) is 4.98 Å². The minimum atomic E-state index is -4.02. The lowest BCUT2D eigenvalue weighted by Crippen LogP contribution is -2.34. The van der Waals surface area contributed by atoms with Crippen molar-refractivity contribution in [1.82, 2.24) is 14.5 Å². The maximum Gasteiger partial charge on any atom is 0.353 e. The fraction of sp³-hybridized carbons (Fsp3) is 0.833. The van der Waals surface area contributed by atoms with Crippen molar-refractivity contribution < 1.29 is 38.4 Å². The monoisotopic (exact) mass is 744 g/mol. The highest BCUT2D eigenvalue weighted by molar-refractivity contribution is 7.52. The summed E-state index contributed by atoms with van der Waals surface area (Å²) >= 11 is 6.25. The molecule has 3 heterocycles. The van der Waals surface area contributed by atoms with Gasteiger partial charge >= 0.3 is 7.60 Å². The Kier molecular flexibility index (Phi) is 18.8. The molecule has 2 aromatic rings. The quantitative estimate of drug-likeness (QED) is 0.0398. The van der Waals surface area contributed by atoms with Crippen LogP contribution in [-0.4, -0.2) is 86.8 Å². The fourth-order valence-corrected chi connectivity index (χ4v) is 7.86. The Bertz CT molecular complexity index is 1280. The lowest BCUT2D eigenvalue weighted by atomic mass is 10.0. The number of ether oxygens (including phenoxy) is 3. The zero-order valence-corrected chi connectivity index (χ0v) is 31.7. The van der Waals surface area contributed by atoms with Gasteiger partial charge in [-0.3, -0.25) is 4.57 Å². The number of aliphatic hydroxyl groups is 2. The van der Waals surface area contributed by atoms with Gasteiger partial charge in [-0.25, -0.2) is 4.98 Å². The molecule has 1 saturated heterocycles. The van der Waals surface area contributed by atoms with Crippen LogP contribution in [0.1, 0.15) is 135 Å². The normalized spacial score (nSPS) is 22.5. The van der Waals surface area contributed by atoms with E-state index >= 15 is 0 Å². The lowest BCUT2D eigenvalue weighted by molar-refractivity contribution is -0.0613. The molecule has 12 nitrogen and oxygen atoms in total. The van der Waals surface area contributed by atoms with E-state index in [1.807, 2.05) is 6.07 Å². The van der Waals surface area contributed by atoms with E-state index in [0.717, 1.165) is 43.9 Å². The smallest absolute Gasteiger partial charge is 0.353 e. The zero-order valence-electron chi connectivity index (χ0n) is 30.1. The molecular weight excluding hydrogens is 683 g/mol. The summed E-state index contributed by atoms with van der Waals surface area (Å²) in [6.45, 7) is 3.27. The predicted molar refractivity (Wildman–Crippen MR) is 197 cm³/mol. The molecule has 4 N–H and O–H groups in total. The summed E-state index contributed by atoms with van der Waals surface area (Å²) in [5.74, 6) is 0.619. The van der Waals surface area contributed by atoms with E-state index < -0.39 is 38.5 Å². The van der Waals surface area contributed by atoms with Crippen molar-refractivity contribution in [2.75, 3.05) is 38.1 Å². The van der Waals surface area contributed by atoms with Crippen LogP contribution in [0.2, 0.25) is 5.28 Å². The number of nitrogens with zero attached hydrogens (tertiary/aromatic N) is 3. The van der Waals surface area contributed by atoms with Gasteiger partial charge in [0.1, 0.15) is 36.1 Å². The van der Waals surface area contributed by atoms with Crippen molar-refractivity contribution >= 4 is 36.0 Å². The molecule has 5 atom stereocenters. The number of rotatable bonds is 27. The number of unbranched alkanes of at least 4 members (excludes halogenated alkanes) is 13. The van der Waals surface area contributed by atoms with Crippen LogP contribution in [0.5, 0.6) is 0 Å². The molecule has 2 aliphatic rings. The van der Waals surface area contributed by atoms with Crippen molar-refractivity contribution in [1.29, 1.82) is 0 Å². The Hall–Kier alpha value is -1.34. The van der Waals surface area contributed by atoms with E-state index in [1.165, 1.54) is 77.0 Å². The zero-order chi connectivity index (χ0) is 35.6. The third kappa shape index (κ3) is 13.9. The molecule has 2 aromatic heterocycles. The first-order valence-corrected chi connectivity index (χ1v) is 21.4. The molecule has 0 amide bonds. The van der Waals surface area contributed by atoms with Crippen LogP contribution in [0.3, 0.4) is 0 Å². The molecule has 0 spiro atoms. The van der Waals surface area contributed by atoms with Crippen LogP contribution >= 0.6 is 19.2 Å². The first-order valence-electron chi connectivity index (χ1n) is 19.2. The highest BCUT2D eigenvalue weighted by Crippen LogP contribution is 2.42. The summed E-state index contributed by atoms with van der Waals surface area (Å²) < 4.78 is 36.3. The molecule has 2 fully saturated rings. The summed E-state index contributed by atoms with van der Waals surface area (Å²) in [5.41, 5.74) is 0.458. The molecule has 0 bridgehead atoms. The standard InChI is InChI=1S/C36H62ClN4O8P/c1-2-3-4-5-6-7-8-9-10-11-12-13-14-17-23-46-24-18-25-48-50(44,45)27-47-26-30-31(42)32(43)35(49-30)41-22-21-29-33(38-28-19-15-16-20-28)39-36(37)40-34(29)41/h21-22,28,30-32,35,42-43H,2-20,23-27H2,1H3,(H,44,45)(H,38,39,40)/t30-,31-,32-,35-/m1/s1. The third-order valence-electron chi connectivity index (χ3n) is 9.76. The number of halogens is 1. The van der Waals surface area contributed by atoms with E-state index in [-0.39, 0.29) is 18.5 Å². The molecule has 1 aliphatic heterocycles. The Morgan fingerprint density at radius 1 is 0.880 bits per heavy atom. The molecular formula is C36H62ClN4O8P. The summed E-state index contributed by atoms with van der Waals surface area (Å²) in [5, 5.41) is 25.8. The molecule has 0 aromatic carbocycles. The second-order valence-corrected chi connectivity index (χ2v) is 16.1. The van der Waals surface area contributed by atoms with E-state index in [2.05, 4.69) is 22.2 Å². The van der Waals surface area contributed by atoms with Gasteiger partial charge in [0.2, 0.25) is 5.28 Å². The van der Waals surface area contributed by atoms with Gasteiger partial charge < -0.3 is 43.7 Å². The SMILES string of the molecule is CCCCCCCCCCCCCCCCOCCCOP(=O)(O)COC[C@H]1O[C@@H](n2ccc3c(NC4CCCC4)nc(Cl)nc32)[C@H](O)[C@@H]1O. The highest BCUT2D eigenvalue weighted by atomic mass is 35.5. The van der Waals surface area contributed by atoms with Crippen molar-refractivity contribution in [3.63, 3.8) is 0 Å². The van der Waals surface area contributed by atoms with E-state index in [4.69, 9.17) is 30.3 Å². The van der Waals surface area contributed by atoms with Crippen LogP contribution in [0, 0.1) is 0 Å². The number of aliphatic hydroxyl groups excluding tert-OH is 2. The molecule has 4 rings (SSSR count). The molecule has 1 saturated carbocycles. The summed E-state index contributed by atoms with van der Waals surface area (Å²) in [7, 11) is -4.02. The molecule has 1 aliphatic carbocycles. The van der Waals surface area contributed by atoms with Gasteiger partial charge in [0.05, 0.1) is 18.6 Å². The summed E-state index contributed by atoms with van der Waals surface area (Å²) in [6.07, 6.45) is 20.0. The average Bonchev–Trinajstić information content (AvgIpc) is 3.82. The van der Waals surface area contributed by atoms with E-state index in [1.54, 1.807) is 10.8 Å². The van der Waals surface area contributed by atoms with E-state index in [0.29, 0.717) is 37.1 Å². The first kappa shape index (κ1) is 41.4. The van der Waals surface area contributed by atoms with E-state index in [9.17, 15) is 19.7 Å². The maximum absolute atomic E-state index is 12.5. The third-order valence-corrected chi connectivity index (χ3v) is 11.0. The minimum Gasteiger partial charge on any atom is -0.387 e. The lowest BCUT2D eigenvalue weighted by Gasteiger charge is -2.18. The first-order chi connectivity index (χ1) is 24.3. The Balaban J connectivity index is 1.03. The highest BCUT2D eigenvalue weighted by Gasteiger charge is 2.44. The second kappa shape index (κ2) is 22.7. The van der Waals surface area contributed by atoms with Crippen molar-refractivity contribution in [3.05, 3.63) is 17.5 Å². The van der Waals surface area contributed by atoms with Crippen molar-refractivity contribution in [2.24, 2.45) is 0 Å². The van der Waals surface area contributed by atoms with Crippen LogP contribution in [0.4, 0.5) is 5.82 Å². The van der Waals surface area contributed by atoms with Crippen LogP contribution in [0.25, 0.3) is 11.0 Å². The van der Waals surface area contributed by atoms with Gasteiger partial charge in [-0.05, 0) is 43.4 Å². The van der Waals surface area contributed by atoms with Gasteiger partial charge in [-0.15, -0.1) is 0 Å². The van der Waals surface area contributed by atoms with Crippen LogP contribution in [0.15, 0.2) is 12.3 Å². The summed E-state index contributed by atoms with van der Waals surface area (Å²) in [4.78, 5) is 18.9. The number of hydrogen-bond acceptors (Lipinski definition) is 10. The molecule has 50 heavy (non-hydrogen) atoms. The molecule has 1 unspecified atom stereocenters. The van der Waals surface area contributed by atoms with Gasteiger partial charge in [0.25, 0.3) is 0 Å². The second-order valence-electron chi connectivity index (χ2n) is 14.0. The summed E-state index contributed by atoms with van der Waals surface area (Å²) in [6, 6.07) is 2.13. The average molecular weight is 745 g/mol.